The van der Waals surface area contributed by atoms with E-state index in [0.29, 0.717) is 11.8 Å². The van der Waals surface area contributed by atoms with Gasteiger partial charge in [-0.1, -0.05) is 18.2 Å². The lowest BCUT2D eigenvalue weighted by Crippen LogP contribution is -2.31. The van der Waals surface area contributed by atoms with Crippen molar-refractivity contribution < 1.29 is 33.8 Å². The molecule has 2 aromatic carbocycles. The summed E-state index contributed by atoms with van der Waals surface area (Å²) in [7, 11) is 0. The Labute approximate surface area is 174 Å². The van der Waals surface area contributed by atoms with Crippen molar-refractivity contribution in [2.24, 2.45) is 0 Å². The van der Waals surface area contributed by atoms with E-state index < -0.39 is 34.6 Å². The molecule has 3 rings (SSSR count). The van der Waals surface area contributed by atoms with Gasteiger partial charge in [-0.2, -0.15) is 0 Å². The molecule has 1 saturated heterocycles. The predicted octanol–water partition coefficient (Wildman–Crippen LogP) is 3.29. The van der Waals surface area contributed by atoms with Gasteiger partial charge in [0.05, 0.1) is 4.91 Å². The number of carboxylic acid groups (broad SMARTS) is 1. The van der Waals surface area contributed by atoms with E-state index in [0.717, 1.165) is 17.0 Å². The number of nitrogens with one attached hydrogen (secondary N) is 1. The Kier molecular flexibility index (Phi) is 6.17. The summed E-state index contributed by atoms with van der Waals surface area (Å²) < 4.78 is 13.8. The standard InChI is InChI=1S/C20H15FN2O6S/c21-14-4-2-1-3-11(14)9-16-18(26)23(20(29)30-16)8-7-17(25)22-12-5-6-15(24)13(10-12)19(27)28/h1-6,9-10,24H,7-8H2,(H,22,25)(H,27,28)/b16-9-. The third kappa shape index (κ3) is 4.66. The molecule has 8 nitrogen and oxygen atoms in total. The number of imide groups is 1. The first-order valence-electron chi connectivity index (χ1n) is 8.62. The number of carbonyl (C=O) groups is 4. The third-order valence-corrected chi connectivity index (χ3v) is 5.05. The molecule has 1 aliphatic heterocycles. The van der Waals surface area contributed by atoms with Gasteiger partial charge in [-0.25, -0.2) is 9.18 Å². The smallest absolute Gasteiger partial charge is 0.339 e. The van der Waals surface area contributed by atoms with Crippen LogP contribution < -0.4 is 5.32 Å². The number of benzene rings is 2. The molecular weight excluding hydrogens is 415 g/mol. The maximum absolute atomic E-state index is 13.8. The lowest BCUT2D eigenvalue weighted by Gasteiger charge is -2.12. The van der Waals surface area contributed by atoms with Gasteiger partial charge in [0, 0.05) is 24.2 Å². The summed E-state index contributed by atoms with van der Waals surface area (Å²) in [6, 6.07) is 9.35. The second-order valence-electron chi connectivity index (χ2n) is 6.19. The molecule has 1 fully saturated rings. The van der Waals surface area contributed by atoms with Crippen LogP contribution in [-0.4, -0.2) is 44.7 Å². The normalized spacial score (nSPS) is 15.0. The van der Waals surface area contributed by atoms with Crippen molar-refractivity contribution in [2.45, 2.75) is 6.42 Å². The molecule has 3 amide bonds. The van der Waals surface area contributed by atoms with Crippen LogP contribution in [0.15, 0.2) is 47.4 Å². The number of phenols is 1. The van der Waals surface area contributed by atoms with Gasteiger partial charge < -0.3 is 15.5 Å². The average Bonchev–Trinajstić information content (AvgIpc) is 2.96. The average molecular weight is 430 g/mol. The van der Waals surface area contributed by atoms with Crippen molar-refractivity contribution in [3.05, 3.63) is 64.3 Å². The maximum atomic E-state index is 13.8. The highest BCUT2D eigenvalue weighted by Crippen LogP contribution is 2.32. The number of amides is 3. The summed E-state index contributed by atoms with van der Waals surface area (Å²) in [6.45, 7) is -0.199. The topological polar surface area (TPSA) is 124 Å². The number of carbonyl (C=O) groups excluding carboxylic acids is 3. The Hall–Kier alpha value is -3.66. The van der Waals surface area contributed by atoms with Crippen LogP contribution in [0.2, 0.25) is 0 Å². The zero-order valence-electron chi connectivity index (χ0n) is 15.3. The van der Waals surface area contributed by atoms with Crippen molar-refractivity contribution >= 4 is 46.5 Å². The van der Waals surface area contributed by atoms with E-state index in [2.05, 4.69) is 5.32 Å². The van der Waals surface area contributed by atoms with Gasteiger partial charge in [0.15, 0.2) is 0 Å². The van der Waals surface area contributed by atoms with E-state index in [4.69, 9.17) is 5.11 Å². The summed E-state index contributed by atoms with van der Waals surface area (Å²) in [6.07, 6.45) is 1.05. The molecule has 154 valence electrons. The fourth-order valence-electron chi connectivity index (χ4n) is 2.65. The molecule has 0 saturated carbocycles. The highest BCUT2D eigenvalue weighted by molar-refractivity contribution is 8.18. The van der Waals surface area contributed by atoms with Gasteiger partial charge in [0.2, 0.25) is 5.91 Å². The highest BCUT2D eigenvalue weighted by atomic mass is 32.2. The number of hydrogen-bond acceptors (Lipinski definition) is 6. The Morgan fingerprint density at radius 2 is 1.90 bits per heavy atom. The molecule has 0 unspecified atom stereocenters. The van der Waals surface area contributed by atoms with Gasteiger partial charge in [-0.05, 0) is 42.1 Å². The number of carboxylic acids is 1. The molecule has 0 spiro atoms. The SMILES string of the molecule is O=C(CCN1C(=O)S/C(=C\c2ccccc2F)C1=O)Nc1ccc(O)c(C(=O)O)c1. The van der Waals surface area contributed by atoms with Crippen LogP contribution in [0, 0.1) is 5.82 Å². The zero-order chi connectivity index (χ0) is 21.8. The summed E-state index contributed by atoms with van der Waals surface area (Å²) in [5.41, 5.74) is -0.0666. The minimum Gasteiger partial charge on any atom is -0.507 e. The third-order valence-electron chi connectivity index (χ3n) is 4.14. The molecule has 2 aromatic rings. The first-order valence-corrected chi connectivity index (χ1v) is 9.44. The van der Waals surface area contributed by atoms with Gasteiger partial charge >= 0.3 is 5.97 Å². The molecular formula is C20H15FN2O6S. The summed E-state index contributed by atoms with van der Waals surface area (Å²) in [4.78, 5) is 48.6. The van der Waals surface area contributed by atoms with E-state index in [1.807, 2.05) is 0 Å². The van der Waals surface area contributed by atoms with Crippen LogP contribution in [0.3, 0.4) is 0 Å². The summed E-state index contributed by atoms with van der Waals surface area (Å²) in [5, 5.41) is 20.3. The molecule has 0 aliphatic carbocycles. The van der Waals surface area contributed by atoms with Crippen LogP contribution >= 0.6 is 11.8 Å². The number of hydrogen-bond donors (Lipinski definition) is 3. The summed E-state index contributed by atoms with van der Waals surface area (Å²) >= 11 is 0.655. The molecule has 0 aromatic heterocycles. The van der Waals surface area contributed by atoms with Crippen LogP contribution in [-0.2, 0) is 9.59 Å². The fraction of sp³-hybridized carbons (Fsp3) is 0.100. The molecule has 0 bridgehead atoms. The van der Waals surface area contributed by atoms with Crippen molar-refractivity contribution in [3.63, 3.8) is 0 Å². The number of rotatable bonds is 6. The van der Waals surface area contributed by atoms with Gasteiger partial charge in [0.1, 0.15) is 17.1 Å². The number of halogens is 1. The lowest BCUT2D eigenvalue weighted by molar-refractivity contribution is -0.123. The molecule has 0 radical (unpaired) electrons. The van der Waals surface area contributed by atoms with E-state index in [-0.39, 0.29) is 34.7 Å². The fourth-order valence-corrected chi connectivity index (χ4v) is 3.50. The molecule has 1 aliphatic rings. The van der Waals surface area contributed by atoms with Gasteiger partial charge in [-0.15, -0.1) is 0 Å². The Morgan fingerprint density at radius 3 is 2.60 bits per heavy atom. The molecule has 30 heavy (non-hydrogen) atoms. The second-order valence-corrected chi connectivity index (χ2v) is 7.18. The van der Waals surface area contributed by atoms with E-state index in [1.54, 1.807) is 6.07 Å². The first-order chi connectivity index (χ1) is 14.3. The molecule has 10 heteroatoms. The number of anilines is 1. The van der Waals surface area contributed by atoms with Gasteiger partial charge in [-0.3, -0.25) is 19.3 Å². The maximum Gasteiger partial charge on any atom is 0.339 e. The van der Waals surface area contributed by atoms with Crippen LogP contribution in [0.1, 0.15) is 22.3 Å². The predicted molar refractivity (Wildman–Crippen MR) is 107 cm³/mol. The summed E-state index contributed by atoms with van der Waals surface area (Å²) in [5.74, 6) is -3.52. The molecule has 0 atom stereocenters. The first kappa shape index (κ1) is 21.1. The lowest BCUT2D eigenvalue weighted by atomic mass is 10.1. The number of aromatic hydroxyl groups is 1. The van der Waals surface area contributed by atoms with Crippen LogP contribution in [0.25, 0.3) is 6.08 Å². The quantitative estimate of drug-likeness (QED) is 0.474. The molecule has 1 heterocycles. The van der Waals surface area contributed by atoms with E-state index >= 15 is 0 Å². The van der Waals surface area contributed by atoms with Crippen molar-refractivity contribution in [1.82, 2.24) is 4.90 Å². The number of nitrogens with zero attached hydrogens (tertiary/aromatic N) is 1. The van der Waals surface area contributed by atoms with E-state index in [1.165, 1.54) is 30.3 Å². The van der Waals surface area contributed by atoms with Crippen molar-refractivity contribution in [2.75, 3.05) is 11.9 Å². The Morgan fingerprint density at radius 1 is 1.17 bits per heavy atom. The number of aromatic carboxylic acids is 1. The minimum atomic E-state index is -1.36. The Bertz CT molecular complexity index is 1080. The zero-order valence-corrected chi connectivity index (χ0v) is 16.1. The minimum absolute atomic E-state index is 0.0511. The highest BCUT2D eigenvalue weighted by Gasteiger charge is 2.35. The van der Waals surface area contributed by atoms with Crippen LogP contribution in [0.4, 0.5) is 14.9 Å². The second kappa shape index (κ2) is 8.78. The van der Waals surface area contributed by atoms with Crippen molar-refractivity contribution in [3.8, 4) is 5.75 Å². The Balaban J connectivity index is 1.63. The molecule has 3 N–H and O–H groups in total. The van der Waals surface area contributed by atoms with Crippen LogP contribution in [0.5, 0.6) is 5.75 Å². The van der Waals surface area contributed by atoms with Crippen molar-refractivity contribution in [1.29, 1.82) is 0 Å². The monoisotopic (exact) mass is 430 g/mol. The van der Waals surface area contributed by atoms with Gasteiger partial charge in [0.25, 0.3) is 11.1 Å². The van der Waals surface area contributed by atoms with E-state index in [9.17, 15) is 28.7 Å². The number of thioether (sulfide) groups is 1. The largest absolute Gasteiger partial charge is 0.507 e.